The molecule has 1 rings (SSSR count). The maximum absolute atomic E-state index is 5.35. The fraction of sp³-hybridized carbons (Fsp3) is 0.833. The Hall–Kier alpha value is -0.940. The lowest BCUT2D eigenvalue weighted by molar-refractivity contribution is 0.126. The van der Waals surface area contributed by atoms with Gasteiger partial charge in [-0.05, 0) is 19.8 Å². The van der Waals surface area contributed by atoms with E-state index >= 15 is 0 Å². The van der Waals surface area contributed by atoms with Crippen LogP contribution in [0.2, 0.25) is 0 Å². The zero-order valence-corrected chi connectivity index (χ0v) is 11.3. The monoisotopic (exact) mass is 240 g/mol. The predicted molar refractivity (Wildman–Crippen MR) is 67.7 cm³/mol. The predicted octanol–water partition coefficient (Wildman–Crippen LogP) is 1.45. The van der Waals surface area contributed by atoms with E-state index < -0.39 is 0 Å². The quantitative estimate of drug-likeness (QED) is 0.747. The molecule has 0 aliphatic heterocycles. The Bertz CT molecular complexity index is 311. The molecule has 5 heteroatoms. The Morgan fingerprint density at radius 3 is 2.82 bits per heavy atom. The van der Waals surface area contributed by atoms with Gasteiger partial charge in [-0.2, -0.15) is 5.10 Å². The van der Waals surface area contributed by atoms with E-state index in [2.05, 4.69) is 36.2 Å². The molecule has 1 atom stereocenters. The van der Waals surface area contributed by atoms with Crippen molar-refractivity contribution in [2.24, 2.45) is 5.92 Å². The van der Waals surface area contributed by atoms with Gasteiger partial charge in [-0.1, -0.05) is 13.8 Å². The van der Waals surface area contributed by atoms with Crippen molar-refractivity contribution in [1.29, 1.82) is 0 Å². The highest BCUT2D eigenvalue weighted by molar-refractivity contribution is 4.84. The minimum atomic E-state index is 0.333. The molecule has 1 N–H and O–H groups in total. The number of nitrogens with zero attached hydrogens (tertiary/aromatic N) is 3. The lowest BCUT2D eigenvalue weighted by Crippen LogP contribution is -2.31. The normalized spacial score (nSPS) is 13.2. The lowest BCUT2D eigenvalue weighted by Gasteiger charge is -2.14. The molecule has 5 nitrogen and oxygen atoms in total. The molecule has 0 fully saturated rings. The van der Waals surface area contributed by atoms with Gasteiger partial charge < -0.3 is 10.1 Å². The summed E-state index contributed by atoms with van der Waals surface area (Å²) in [5.41, 5.74) is 0. The van der Waals surface area contributed by atoms with Gasteiger partial charge in [0.05, 0.1) is 13.2 Å². The number of nitrogens with one attached hydrogen (secondary N) is 1. The maximum Gasteiger partial charge on any atom is 0.140 e. The molecule has 1 heterocycles. The summed E-state index contributed by atoms with van der Waals surface area (Å²) in [5.74, 6) is 1.57. The SMILES string of the molecule is CCOCC(C)NCc1ncnn1CC(C)C. The van der Waals surface area contributed by atoms with Gasteiger partial charge in [0.2, 0.25) is 0 Å². The Morgan fingerprint density at radius 2 is 2.18 bits per heavy atom. The fourth-order valence-electron chi connectivity index (χ4n) is 1.54. The first-order chi connectivity index (χ1) is 8.13. The second-order valence-electron chi connectivity index (χ2n) is 4.69. The van der Waals surface area contributed by atoms with Crippen LogP contribution in [0.5, 0.6) is 0 Å². The van der Waals surface area contributed by atoms with E-state index in [0.717, 1.165) is 32.1 Å². The molecule has 0 spiro atoms. The molecular formula is C12H24N4O. The molecule has 17 heavy (non-hydrogen) atoms. The van der Waals surface area contributed by atoms with Crippen molar-refractivity contribution < 1.29 is 4.74 Å². The van der Waals surface area contributed by atoms with E-state index in [4.69, 9.17) is 4.74 Å². The second kappa shape index (κ2) is 7.40. The van der Waals surface area contributed by atoms with Crippen molar-refractivity contribution in [2.45, 2.75) is 46.8 Å². The summed E-state index contributed by atoms with van der Waals surface area (Å²) in [6, 6.07) is 0.333. The van der Waals surface area contributed by atoms with Crippen LogP contribution in [0.3, 0.4) is 0 Å². The highest BCUT2D eigenvalue weighted by Crippen LogP contribution is 2.01. The van der Waals surface area contributed by atoms with Crippen LogP contribution in [0.4, 0.5) is 0 Å². The molecule has 0 radical (unpaired) electrons. The molecule has 0 aliphatic rings. The zero-order valence-electron chi connectivity index (χ0n) is 11.3. The van der Waals surface area contributed by atoms with E-state index in [1.54, 1.807) is 6.33 Å². The van der Waals surface area contributed by atoms with Crippen molar-refractivity contribution in [1.82, 2.24) is 20.1 Å². The third-order valence-corrected chi connectivity index (χ3v) is 2.41. The summed E-state index contributed by atoms with van der Waals surface area (Å²) in [6.45, 7) is 11.6. The van der Waals surface area contributed by atoms with Crippen LogP contribution in [0.1, 0.15) is 33.5 Å². The molecule has 0 saturated carbocycles. The van der Waals surface area contributed by atoms with E-state index in [1.807, 2.05) is 11.6 Å². The van der Waals surface area contributed by atoms with Crippen molar-refractivity contribution in [3.05, 3.63) is 12.2 Å². The van der Waals surface area contributed by atoms with Gasteiger partial charge in [-0.3, -0.25) is 0 Å². The molecule has 0 aliphatic carbocycles. The van der Waals surface area contributed by atoms with Crippen molar-refractivity contribution in [2.75, 3.05) is 13.2 Å². The maximum atomic E-state index is 5.35. The van der Waals surface area contributed by atoms with Crippen molar-refractivity contribution >= 4 is 0 Å². The van der Waals surface area contributed by atoms with E-state index in [9.17, 15) is 0 Å². The Morgan fingerprint density at radius 1 is 1.41 bits per heavy atom. The molecule has 0 bridgehead atoms. The van der Waals surface area contributed by atoms with Crippen LogP contribution in [0, 0.1) is 5.92 Å². The van der Waals surface area contributed by atoms with Gasteiger partial charge >= 0.3 is 0 Å². The summed E-state index contributed by atoms with van der Waals surface area (Å²) in [4.78, 5) is 4.27. The van der Waals surface area contributed by atoms with Crippen molar-refractivity contribution in [3.8, 4) is 0 Å². The van der Waals surface area contributed by atoms with Crippen LogP contribution in [0.25, 0.3) is 0 Å². The molecule has 0 saturated heterocycles. The Kier molecular flexibility index (Phi) is 6.15. The third-order valence-electron chi connectivity index (χ3n) is 2.41. The van der Waals surface area contributed by atoms with Crippen molar-refractivity contribution in [3.63, 3.8) is 0 Å². The molecule has 0 aromatic carbocycles. The highest BCUT2D eigenvalue weighted by atomic mass is 16.5. The standard InChI is InChI=1S/C12H24N4O/c1-5-17-8-11(4)13-6-12-14-9-15-16(12)7-10(2)3/h9-11,13H,5-8H2,1-4H3. The number of aromatic nitrogens is 3. The number of hydrogen-bond donors (Lipinski definition) is 1. The third kappa shape index (κ3) is 5.28. The molecule has 1 unspecified atom stereocenters. The van der Waals surface area contributed by atoms with Gasteiger partial charge in [-0.25, -0.2) is 9.67 Å². The first-order valence-electron chi connectivity index (χ1n) is 6.31. The fourth-order valence-corrected chi connectivity index (χ4v) is 1.54. The summed E-state index contributed by atoms with van der Waals surface area (Å²) in [7, 11) is 0. The number of hydrogen-bond acceptors (Lipinski definition) is 4. The lowest BCUT2D eigenvalue weighted by atomic mass is 10.2. The largest absolute Gasteiger partial charge is 0.380 e. The van der Waals surface area contributed by atoms with Crippen LogP contribution in [-0.2, 0) is 17.8 Å². The number of rotatable bonds is 8. The smallest absolute Gasteiger partial charge is 0.140 e. The average molecular weight is 240 g/mol. The Balaban J connectivity index is 2.38. The molecule has 0 amide bonds. The summed E-state index contributed by atoms with van der Waals surface area (Å²) < 4.78 is 7.32. The molecule has 1 aromatic heterocycles. The van der Waals surface area contributed by atoms with Gasteiger partial charge in [0.25, 0.3) is 0 Å². The van der Waals surface area contributed by atoms with E-state index in [1.165, 1.54) is 0 Å². The number of ether oxygens (including phenoxy) is 1. The van der Waals surface area contributed by atoms with Gasteiger partial charge in [0, 0.05) is 19.2 Å². The summed E-state index contributed by atoms with van der Waals surface area (Å²) in [6.07, 6.45) is 1.62. The van der Waals surface area contributed by atoms with E-state index in [0.29, 0.717) is 12.0 Å². The average Bonchev–Trinajstić information content (AvgIpc) is 2.70. The van der Waals surface area contributed by atoms with E-state index in [-0.39, 0.29) is 0 Å². The zero-order chi connectivity index (χ0) is 12.7. The van der Waals surface area contributed by atoms with Crippen LogP contribution in [-0.4, -0.2) is 34.0 Å². The summed E-state index contributed by atoms with van der Waals surface area (Å²) >= 11 is 0. The van der Waals surface area contributed by atoms with Gasteiger partial charge in [-0.15, -0.1) is 0 Å². The highest BCUT2D eigenvalue weighted by Gasteiger charge is 2.07. The minimum absolute atomic E-state index is 0.333. The Labute approximate surface area is 104 Å². The van der Waals surface area contributed by atoms with Crippen LogP contribution >= 0.6 is 0 Å². The molecule has 1 aromatic rings. The molecule has 98 valence electrons. The van der Waals surface area contributed by atoms with Crippen LogP contribution in [0.15, 0.2) is 6.33 Å². The molecular weight excluding hydrogens is 216 g/mol. The first kappa shape index (κ1) is 14.1. The topological polar surface area (TPSA) is 52.0 Å². The second-order valence-corrected chi connectivity index (χ2v) is 4.69. The van der Waals surface area contributed by atoms with Gasteiger partial charge in [0.15, 0.2) is 0 Å². The minimum Gasteiger partial charge on any atom is -0.380 e. The first-order valence-corrected chi connectivity index (χ1v) is 6.31. The van der Waals surface area contributed by atoms with Gasteiger partial charge in [0.1, 0.15) is 12.2 Å². The summed E-state index contributed by atoms with van der Waals surface area (Å²) in [5, 5.41) is 7.62. The van der Waals surface area contributed by atoms with Crippen LogP contribution < -0.4 is 5.32 Å².